The fraction of sp³-hybridized carbons (Fsp3) is 0.846. The molecule has 0 aromatic heterocycles. The third-order valence-corrected chi connectivity index (χ3v) is 2.47. The number of hydrogen-bond donors (Lipinski definition) is 1. The Hall–Kier alpha value is -0.340. The molecule has 0 bridgehead atoms. The van der Waals surface area contributed by atoms with Gasteiger partial charge in [-0.15, -0.1) is 0 Å². The molecule has 0 fully saturated rings. The molecule has 2 heteroatoms. The van der Waals surface area contributed by atoms with Crippen LogP contribution in [0.5, 0.6) is 0 Å². The number of methoxy groups -OCH3 is 1. The summed E-state index contributed by atoms with van der Waals surface area (Å²) in [7, 11) is 1.74. The van der Waals surface area contributed by atoms with Crippen LogP contribution in [0.1, 0.15) is 40.5 Å². The van der Waals surface area contributed by atoms with Crippen LogP contribution in [0.15, 0.2) is 12.2 Å². The summed E-state index contributed by atoms with van der Waals surface area (Å²) in [4.78, 5) is 0. The molecule has 0 radical (unpaired) electrons. The average molecular weight is 214 g/mol. The van der Waals surface area contributed by atoms with Crippen molar-refractivity contribution in [2.45, 2.75) is 40.5 Å². The second kappa shape index (κ2) is 6.29. The standard InChI is InChI=1S/C13H26O2/c1-12(2,10-14)8-6-7-9-13(3,4)11-15-5/h6-7,14H,8-11H2,1-5H3/b7-6+. The third kappa shape index (κ3) is 7.57. The molecule has 15 heavy (non-hydrogen) atoms. The zero-order chi connectivity index (χ0) is 11.9. The molecule has 0 aliphatic carbocycles. The van der Waals surface area contributed by atoms with Gasteiger partial charge in [0.25, 0.3) is 0 Å². The van der Waals surface area contributed by atoms with E-state index in [0.29, 0.717) is 0 Å². The predicted octanol–water partition coefficient (Wildman–Crippen LogP) is 3.01. The molecule has 0 heterocycles. The molecule has 0 atom stereocenters. The Bertz CT molecular complexity index is 193. The van der Waals surface area contributed by atoms with E-state index >= 15 is 0 Å². The minimum atomic E-state index is 0.00188. The molecule has 0 aliphatic rings. The Morgan fingerprint density at radius 1 is 1.00 bits per heavy atom. The number of ether oxygens (including phenoxy) is 1. The van der Waals surface area contributed by atoms with Gasteiger partial charge in [-0.2, -0.15) is 0 Å². The smallest absolute Gasteiger partial charge is 0.0516 e. The second-order valence-corrected chi connectivity index (χ2v) is 5.80. The topological polar surface area (TPSA) is 29.5 Å². The van der Waals surface area contributed by atoms with Gasteiger partial charge in [-0.25, -0.2) is 0 Å². The molecule has 0 aromatic carbocycles. The van der Waals surface area contributed by atoms with Crippen LogP contribution >= 0.6 is 0 Å². The number of hydrogen-bond acceptors (Lipinski definition) is 2. The number of rotatable bonds is 7. The Balaban J connectivity index is 3.90. The number of aliphatic hydroxyl groups is 1. The minimum Gasteiger partial charge on any atom is -0.396 e. The first-order valence-corrected chi connectivity index (χ1v) is 5.58. The van der Waals surface area contributed by atoms with Gasteiger partial charge in [0.05, 0.1) is 6.61 Å². The van der Waals surface area contributed by atoms with E-state index in [2.05, 4.69) is 39.8 Å². The zero-order valence-corrected chi connectivity index (χ0v) is 10.8. The third-order valence-electron chi connectivity index (χ3n) is 2.47. The van der Waals surface area contributed by atoms with Crippen molar-refractivity contribution in [2.24, 2.45) is 10.8 Å². The lowest BCUT2D eigenvalue weighted by atomic mass is 9.87. The van der Waals surface area contributed by atoms with E-state index in [1.807, 2.05) is 0 Å². The van der Waals surface area contributed by atoms with Crippen LogP contribution in [-0.2, 0) is 4.74 Å². The van der Waals surface area contributed by atoms with E-state index in [-0.39, 0.29) is 17.4 Å². The Kier molecular flexibility index (Phi) is 6.15. The van der Waals surface area contributed by atoms with Gasteiger partial charge in [0, 0.05) is 13.7 Å². The highest BCUT2D eigenvalue weighted by Gasteiger charge is 2.16. The van der Waals surface area contributed by atoms with Crippen molar-refractivity contribution in [3.05, 3.63) is 12.2 Å². The van der Waals surface area contributed by atoms with Crippen molar-refractivity contribution in [3.8, 4) is 0 Å². The average Bonchev–Trinajstić information content (AvgIpc) is 2.13. The van der Waals surface area contributed by atoms with Gasteiger partial charge in [0.1, 0.15) is 0 Å². The van der Waals surface area contributed by atoms with E-state index in [4.69, 9.17) is 9.84 Å². The molecule has 90 valence electrons. The van der Waals surface area contributed by atoms with Gasteiger partial charge in [-0.1, -0.05) is 39.8 Å². The lowest BCUT2D eigenvalue weighted by Crippen LogP contribution is -2.17. The van der Waals surface area contributed by atoms with Crippen molar-refractivity contribution >= 4 is 0 Å². The summed E-state index contributed by atoms with van der Waals surface area (Å²) in [6, 6.07) is 0. The lowest BCUT2D eigenvalue weighted by Gasteiger charge is -2.22. The van der Waals surface area contributed by atoms with E-state index in [0.717, 1.165) is 19.4 Å². The quantitative estimate of drug-likeness (QED) is 0.660. The maximum atomic E-state index is 9.08. The molecule has 1 N–H and O–H groups in total. The summed E-state index contributed by atoms with van der Waals surface area (Å²) in [5.74, 6) is 0. The SMILES string of the molecule is COCC(C)(C)C/C=C/CC(C)(C)CO. The van der Waals surface area contributed by atoms with Crippen molar-refractivity contribution in [1.82, 2.24) is 0 Å². The van der Waals surface area contributed by atoms with E-state index in [1.165, 1.54) is 0 Å². The maximum absolute atomic E-state index is 9.08. The Morgan fingerprint density at radius 3 is 1.87 bits per heavy atom. The highest BCUT2D eigenvalue weighted by Crippen LogP contribution is 2.23. The first-order chi connectivity index (χ1) is 6.83. The zero-order valence-electron chi connectivity index (χ0n) is 10.8. The van der Waals surface area contributed by atoms with Crippen LogP contribution in [0.3, 0.4) is 0 Å². The highest BCUT2D eigenvalue weighted by atomic mass is 16.5. The van der Waals surface area contributed by atoms with Crippen LogP contribution in [-0.4, -0.2) is 25.4 Å². The lowest BCUT2D eigenvalue weighted by molar-refractivity contribution is 0.106. The molecule has 0 saturated heterocycles. The molecule has 0 spiro atoms. The summed E-state index contributed by atoms with van der Waals surface area (Å²) < 4.78 is 5.15. The summed E-state index contributed by atoms with van der Waals surface area (Å²) in [5.41, 5.74) is 0.205. The fourth-order valence-corrected chi connectivity index (χ4v) is 1.32. The normalized spacial score (nSPS) is 13.7. The number of allylic oxidation sites excluding steroid dienone is 2. The van der Waals surface area contributed by atoms with E-state index in [1.54, 1.807) is 7.11 Å². The molecule has 2 nitrogen and oxygen atoms in total. The summed E-state index contributed by atoms with van der Waals surface area (Å²) in [6.45, 7) is 9.53. The molecule has 0 rings (SSSR count). The summed E-state index contributed by atoms with van der Waals surface area (Å²) in [6.07, 6.45) is 6.29. The van der Waals surface area contributed by atoms with E-state index < -0.39 is 0 Å². The van der Waals surface area contributed by atoms with Crippen LogP contribution in [0, 0.1) is 10.8 Å². The van der Waals surface area contributed by atoms with Gasteiger partial charge < -0.3 is 9.84 Å². The van der Waals surface area contributed by atoms with Gasteiger partial charge in [0.15, 0.2) is 0 Å². The van der Waals surface area contributed by atoms with Crippen molar-refractivity contribution in [3.63, 3.8) is 0 Å². The first-order valence-electron chi connectivity index (χ1n) is 5.58. The van der Waals surface area contributed by atoms with E-state index in [9.17, 15) is 0 Å². The van der Waals surface area contributed by atoms with Crippen molar-refractivity contribution in [1.29, 1.82) is 0 Å². The Labute approximate surface area is 94.3 Å². The Morgan fingerprint density at radius 2 is 1.47 bits per heavy atom. The summed E-state index contributed by atoms with van der Waals surface area (Å²) in [5, 5.41) is 9.08. The predicted molar refractivity (Wildman–Crippen MR) is 64.9 cm³/mol. The fourth-order valence-electron chi connectivity index (χ4n) is 1.32. The van der Waals surface area contributed by atoms with Crippen LogP contribution < -0.4 is 0 Å². The summed E-state index contributed by atoms with van der Waals surface area (Å²) >= 11 is 0. The first kappa shape index (κ1) is 14.7. The van der Waals surface area contributed by atoms with Crippen LogP contribution in [0.2, 0.25) is 0 Å². The number of aliphatic hydroxyl groups excluding tert-OH is 1. The maximum Gasteiger partial charge on any atom is 0.0516 e. The molecule has 0 aromatic rings. The van der Waals surface area contributed by atoms with Gasteiger partial charge in [-0.05, 0) is 23.7 Å². The minimum absolute atomic E-state index is 0.00188. The van der Waals surface area contributed by atoms with Crippen LogP contribution in [0.25, 0.3) is 0 Å². The molecule has 0 unspecified atom stereocenters. The molecular weight excluding hydrogens is 188 g/mol. The van der Waals surface area contributed by atoms with Crippen molar-refractivity contribution < 1.29 is 9.84 Å². The van der Waals surface area contributed by atoms with Crippen molar-refractivity contribution in [2.75, 3.05) is 20.3 Å². The van der Waals surface area contributed by atoms with Gasteiger partial charge in [0.2, 0.25) is 0 Å². The molecule has 0 amide bonds. The monoisotopic (exact) mass is 214 g/mol. The molecule has 0 saturated carbocycles. The highest BCUT2D eigenvalue weighted by molar-refractivity contribution is 4.90. The molecule has 0 aliphatic heterocycles. The molecular formula is C13H26O2. The second-order valence-electron chi connectivity index (χ2n) is 5.80. The van der Waals surface area contributed by atoms with Gasteiger partial charge >= 0.3 is 0 Å². The van der Waals surface area contributed by atoms with Crippen LogP contribution in [0.4, 0.5) is 0 Å². The largest absolute Gasteiger partial charge is 0.396 e. The van der Waals surface area contributed by atoms with Gasteiger partial charge in [-0.3, -0.25) is 0 Å².